The Morgan fingerprint density at radius 2 is 1.71 bits per heavy atom. The molecule has 0 saturated heterocycles. The van der Waals surface area contributed by atoms with Gasteiger partial charge in [0.05, 0.1) is 9.75 Å². The number of hydrazine groups is 1. The maximum Gasteiger partial charge on any atom is 0.279 e. The number of rotatable bonds is 5. The summed E-state index contributed by atoms with van der Waals surface area (Å²) in [5.41, 5.74) is 6.73. The van der Waals surface area contributed by atoms with E-state index in [1.54, 1.807) is 36.4 Å². The molecular formula is C20H19N3O3S2. The molecule has 6 nitrogen and oxygen atoms in total. The second-order valence-corrected chi connectivity index (χ2v) is 8.08. The normalized spacial score (nSPS) is 10.4. The number of carbonyl (C=O) groups excluding carboxylic acids is 3. The summed E-state index contributed by atoms with van der Waals surface area (Å²) in [7, 11) is 0. The predicted octanol–water partition coefficient (Wildman–Crippen LogP) is 4.01. The van der Waals surface area contributed by atoms with Crippen LogP contribution in [0.15, 0.2) is 47.8 Å². The average molecular weight is 414 g/mol. The zero-order valence-electron chi connectivity index (χ0n) is 15.4. The van der Waals surface area contributed by atoms with E-state index in [1.807, 2.05) is 25.3 Å². The van der Waals surface area contributed by atoms with Gasteiger partial charge in [-0.2, -0.15) is 0 Å². The monoisotopic (exact) mass is 413 g/mol. The van der Waals surface area contributed by atoms with Crippen molar-refractivity contribution in [3.63, 3.8) is 0 Å². The van der Waals surface area contributed by atoms with Crippen molar-refractivity contribution in [1.82, 2.24) is 10.9 Å². The lowest BCUT2D eigenvalue weighted by Gasteiger charge is -2.08. The second kappa shape index (κ2) is 8.81. The molecule has 0 atom stereocenters. The molecule has 0 unspecified atom stereocenters. The summed E-state index contributed by atoms with van der Waals surface area (Å²) in [6, 6.07) is 11.8. The molecular weight excluding hydrogens is 394 g/mol. The Hall–Kier alpha value is -2.97. The largest absolute Gasteiger partial charge is 0.321 e. The quantitative estimate of drug-likeness (QED) is 0.553. The molecule has 0 fully saturated rings. The van der Waals surface area contributed by atoms with E-state index in [1.165, 1.54) is 22.7 Å². The lowest BCUT2D eigenvalue weighted by atomic mass is 10.2. The lowest BCUT2D eigenvalue weighted by molar-refractivity contribution is 0.0849. The van der Waals surface area contributed by atoms with Crippen LogP contribution in [0.2, 0.25) is 0 Å². The van der Waals surface area contributed by atoms with E-state index < -0.39 is 5.91 Å². The summed E-state index contributed by atoms with van der Waals surface area (Å²) in [6.45, 7) is 3.99. The minimum Gasteiger partial charge on any atom is -0.321 e. The van der Waals surface area contributed by atoms with Crippen molar-refractivity contribution in [2.75, 3.05) is 5.32 Å². The smallest absolute Gasteiger partial charge is 0.279 e. The first kappa shape index (κ1) is 19.8. The van der Waals surface area contributed by atoms with Crippen molar-refractivity contribution < 1.29 is 14.4 Å². The summed E-state index contributed by atoms with van der Waals surface area (Å²) in [5, 5.41) is 4.57. The summed E-state index contributed by atoms with van der Waals surface area (Å²) in [6.07, 6.45) is 0.861. The topological polar surface area (TPSA) is 87.3 Å². The number of benzene rings is 1. The molecule has 2 heterocycles. The molecule has 3 N–H and O–H groups in total. The van der Waals surface area contributed by atoms with E-state index >= 15 is 0 Å². The Morgan fingerprint density at radius 3 is 2.39 bits per heavy atom. The number of hydrogen-bond acceptors (Lipinski definition) is 5. The summed E-state index contributed by atoms with van der Waals surface area (Å²) < 4.78 is 0. The van der Waals surface area contributed by atoms with Crippen LogP contribution in [0.5, 0.6) is 0 Å². The maximum atomic E-state index is 12.3. The standard InChI is InChI=1S/C20H19N3O3S2/c1-3-15-12(2)10-17(28-15)20(26)23-22-18(24)13-6-4-7-14(11-13)21-19(25)16-8-5-9-27-16/h4-11H,3H2,1-2H3,(H,21,25)(H,22,24)(H,23,26). The van der Waals surface area contributed by atoms with Gasteiger partial charge in [0.15, 0.2) is 0 Å². The van der Waals surface area contributed by atoms with Gasteiger partial charge in [-0.05, 0) is 54.6 Å². The second-order valence-electron chi connectivity index (χ2n) is 5.99. The fourth-order valence-corrected chi connectivity index (χ4v) is 4.20. The highest BCUT2D eigenvalue weighted by molar-refractivity contribution is 7.14. The molecule has 0 bridgehead atoms. The number of anilines is 1. The van der Waals surface area contributed by atoms with Crippen molar-refractivity contribution in [2.24, 2.45) is 0 Å². The van der Waals surface area contributed by atoms with Gasteiger partial charge in [0, 0.05) is 16.1 Å². The number of amides is 3. The van der Waals surface area contributed by atoms with Gasteiger partial charge in [0.1, 0.15) is 0 Å². The Balaban J connectivity index is 1.61. The van der Waals surface area contributed by atoms with Crippen LogP contribution in [0.25, 0.3) is 0 Å². The van der Waals surface area contributed by atoms with Crippen molar-refractivity contribution in [3.8, 4) is 0 Å². The molecule has 3 rings (SSSR count). The van der Waals surface area contributed by atoms with Crippen molar-refractivity contribution in [2.45, 2.75) is 20.3 Å². The van der Waals surface area contributed by atoms with E-state index in [0.29, 0.717) is 21.0 Å². The van der Waals surface area contributed by atoms with Crippen molar-refractivity contribution in [1.29, 1.82) is 0 Å². The first-order valence-electron chi connectivity index (χ1n) is 8.63. The molecule has 0 saturated carbocycles. The van der Waals surface area contributed by atoms with Crippen LogP contribution >= 0.6 is 22.7 Å². The van der Waals surface area contributed by atoms with Crippen LogP contribution in [0, 0.1) is 6.92 Å². The van der Waals surface area contributed by atoms with Gasteiger partial charge in [-0.25, -0.2) is 0 Å². The molecule has 0 radical (unpaired) electrons. The molecule has 3 aromatic rings. The van der Waals surface area contributed by atoms with Gasteiger partial charge < -0.3 is 5.32 Å². The molecule has 3 amide bonds. The van der Waals surface area contributed by atoms with Gasteiger partial charge in [-0.15, -0.1) is 22.7 Å². The van der Waals surface area contributed by atoms with E-state index in [4.69, 9.17) is 0 Å². The van der Waals surface area contributed by atoms with E-state index in [-0.39, 0.29) is 11.8 Å². The Labute approximate surface area is 170 Å². The maximum absolute atomic E-state index is 12.3. The minimum absolute atomic E-state index is 0.236. The number of carbonyl (C=O) groups is 3. The predicted molar refractivity (Wildman–Crippen MR) is 112 cm³/mol. The van der Waals surface area contributed by atoms with Gasteiger partial charge >= 0.3 is 0 Å². The van der Waals surface area contributed by atoms with Crippen LogP contribution in [0.4, 0.5) is 5.69 Å². The number of nitrogens with one attached hydrogen (secondary N) is 3. The first-order chi connectivity index (χ1) is 13.5. The van der Waals surface area contributed by atoms with Crippen LogP contribution in [-0.4, -0.2) is 17.7 Å². The van der Waals surface area contributed by atoms with E-state index in [2.05, 4.69) is 16.2 Å². The highest BCUT2D eigenvalue weighted by atomic mass is 32.1. The third kappa shape index (κ3) is 4.65. The molecule has 0 aliphatic rings. The number of thiophene rings is 2. The third-order valence-electron chi connectivity index (χ3n) is 3.98. The Bertz CT molecular complexity index is 1010. The summed E-state index contributed by atoms with van der Waals surface area (Å²) in [4.78, 5) is 39.0. The molecule has 28 heavy (non-hydrogen) atoms. The van der Waals surface area contributed by atoms with Crippen LogP contribution in [0.3, 0.4) is 0 Å². The summed E-state index contributed by atoms with van der Waals surface area (Å²) in [5.74, 6) is -1.06. The Morgan fingerprint density at radius 1 is 0.929 bits per heavy atom. The molecule has 1 aromatic carbocycles. The number of aryl methyl sites for hydroxylation is 2. The molecule has 2 aromatic heterocycles. The molecule has 144 valence electrons. The molecule has 0 aliphatic heterocycles. The SMILES string of the molecule is CCc1sc(C(=O)NNC(=O)c2cccc(NC(=O)c3cccs3)c2)cc1C. The Kier molecular flexibility index (Phi) is 6.23. The van der Waals surface area contributed by atoms with Crippen LogP contribution < -0.4 is 16.2 Å². The zero-order valence-corrected chi connectivity index (χ0v) is 17.0. The van der Waals surface area contributed by atoms with Crippen LogP contribution in [0.1, 0.15) is 47.1 Å². The molecule has 0 aliphatic carbocycles. The van der Waals surface area contributed by atoms with Crippen molar-refractivity contribution in [3.05, 3.63) is 73.6 Å². The number of hydrogen-bond donors (Lipinski definition) is 3. The first-order valence-corrected chi connectivity index (χ1v) is 10.3. The highest BCUT2D eigenvalue weighted by Gasteiger charge is 2.14. The van der Waals surface area contributed by atoms with Crippen molar-refractivity contribution >= 4 is 46.1 Å². The minimum atomic E-state index is -0.468. The molecule has 0 spiro atoms. The van der Waals surface area contributed by atoms with Gasteiger partial charge in [0.25, 0.3) is 17.7 Å². The lowest BCUT2D eigenvalue weighted by Crippen LogP contribution is -2.41. The third-order valence-corrected chi connectivity index (χ3v) is 6.23. The van der Waals surface area contributed by atoms with Gasteiger partial charge in [-0.3, -0.25) is 25.2 Å². The summed E-state index contributed by atoms with van der Waals surface area (Å²) >= 11 is 2.75. The van der Waals surface area contributed by atoms with Crippen LogP contribution in [-0.2, 0) is 6.42 Å². The zero-order chi connectivity index (χ0) is 20.1. The van der Waals surface area contributed by atoms with Gasteiger partial charge in [-0.1, -0.05) is 19.1 Å². The van der Waals surface area contributed by atoms with E-state index in [0.717, 1.165) is 16.9 Å². The highest BCUT2D eigenvalue weighted by Crippen LogP contribution is 2.22. The molecule has 8 heteroatoms. The average Bonchev–Trinajstić information content (AvgIpc) is 3.35. The van der Waals surface area contributed by atoms with Gasteiger partial charge in [0.2, 0.25) is 0 Å². The van der Waals surface area contributed by atoms with E-state index in [9.17, 15) is 14.4 Å². The fraction of sp³-hybridized carbons (Fsp3) is 0.150. The fourth-order valence-electron chi connectivity index (χ4n) is 2.57.